The average Bonchev–Trinajstić information content (AvgIpc) is 2.43. The van der Waals surface area contributed by atoms with Gasteiger partial charge in [-0.2, -0.15) is 0 Å². The standard InChI is InChI=1S/C15H13BrF3N/c1-2-20-15(10-4-3-5-13(18)14(10)19)11-8-9(16)6-7-12(11)17/h3-8,15,20H,2H2,1H3. The van der Waals surface area contributed by atoms with E-state index in [0.29, 0.717) is 11.0 Å². The van der Waals surface area contributed by atoms with Gasteiger partial charge in [-0.1, -0.05) is 35.0 Å². The van der Waals surface area contributed by atoms with Crippen LogP contribution in [0, 0.1) is 17.5 Å². The van der Waals surface area contributed by atoms with Crippen molar-refractivity contribution in [3.8, 4) is 0 Å². The first-order chi connectivity index (χ1) is 9.54. The lowest BCUT2D eigenvalue weighted by Crippen LogP contribution is -2.24. The van der Waals surface area contributed by atoms with Gasteiger partial charge in [-0.15, -0.1) is 0 Å². The third kappa shape index (κ3) is 3.04. The summed E-state index contributed by atoms with van der Waals surface area (Å²) in [6.45, 7) is 2.31. The summed E-state index contributed by atoms with van der Waals surface area (Å²) in [5.41, 5.74) is 0.356. The summed E-state index contributed by atoms with van der Waals surface area (Å²) in [5.74, 6) is -2.37. The maximum atomic E-state index is 14.0. The van der Waals surface area contributed by atoms with E-state index in [1.54, 1.807) is 12.1 Å². The number of nitrogens with one attached hydrogen (secondary N) is 1. The van der Waals surface area contributed by atoms with Crippen molar-refractivity contribution in [3.63, 3.8) is 0 Å². The summed E-state index contributed by atoms with van der Waals surface area (Å²) in [4.78, 5) is 0. The van der Waals surface area contributed by atoms with Gasteiger partial charge < -0.3 is 5.32 Å². The molecule has 0 aliphatic heterocycles. The van der Waals surface area contributed by atoms with Gasteiger partial charge in [0.05, 0.1) is 6.04 Å². The topological polar surface area (TPSA) is 12.0 Å². The Morgan fingerprint density at radius 3 is 2.50 bits per heavy atom. The molecule has 0 aliphatic carbocycles. The molecule has 0 amide bonds. The zero-order chi connectivity index (χ0) is 14.7. The second-order valence-corrected chi connectivity index (χ2v) is 5.22. The molecule has 0 heterocycles. The second-order valence-electron chi connectivity index (χ2n) is 4.30. The maximum Gasteiger partial charge on any atom is 0.163 e. The quantitative estimate of drug-likeness (QED) is 0.857. The van der Waals surface area contributed by atoms with Crippen molar-refractivity contribution < 1.29 is 13.2 Å². The highest BCUT2D eigenvalue weighted by Gasteiger charge is 2.22. The molecule has 0 aromatic heterocycles. The number of hydrogen-bond donors (Lipinski definition) is 1. The van der Waals surface area contributed by atoms with E-state index in [2.05, 4.69) is 21.2 Å². The van der Waals surface area contributed by atoms with Crippen LogP contribution in [0.25, 0.3) is 0 Å². The Kier molecular flexibility index (Phi) is 4.83. The van der Waals surface area contributed by atoms with Gasteiger partial charge in [-0.3, -0.25) is 0 Å². The minimum Gasteiger partial charge on any atom is -0.306 e. The van der Waals surface area contributed by atoms with Crippen LogP contribution in [0.5, 0.6) is 0 Å². The Bertz CT molecular complexity index is 614. The fraction of sp³-hybridized carbons (Fsp3) is 0.200. The zero-order valence-corrected chi connectivity index (χ0v) is 12.3. The summed E-state index contributed by atoms with van der Waals surface area (Å²) in [5, 5.41) is 2.98. The van der Waals surface area contributed by atoms with Crippen molar-refractivity contribution in [3.05, 3.63) is 69.4 Å². The summed E-state index contributed by atoms with van der Waals surface area (Å²) >= 11 is 3.26. The summed E-state index contributed by atoms with van der Waals surface area (Å²) < 4.78 is 42.0. The van der Waals surface area contributed by atoms with Crippen LogP contribution in [0.15, 0.2) is 40.9 Å². The SMILES string of the molecule is CCNC(c1cc(Br)ccc1F)c1cccc(F)c1F. The second kappa shape index (κ2) is 6.41. The van der Waals surface area contributed by atoms with Crippen LogP contribution in [-0.2, 0) is 0 Å². The van der Waals surface area contributed by atoms with Gasteiger partial charge in [0.2, 0.25) is 0 Å². The first-order valence-corrected chi connectivity index (χ1v) is 6.96. The molecule has 20 heavy (non-hydrogen) atoms. The van der Waals surface area contributed by atoms with Crippen LogP contribution >= 0.6 is 15.9 Å². The third-order valence-electron chi connectivity index (χ3n) is 2.97. The van der Waals surface area contributed by atoms with E-state index in [0.717, 1.165) is 6.07 Å². The number of halogens is 4. The minimum atomic E-state index is -0.960. The van der Waals surface area contributed by atoms with Crippen LogP contribution in [0.1, 0.15) is 24.1 Å². The lowest BCUT2D eigenvalue weighted by Gasteiger charge is -2.20. The molecule has 2 aromatic rings. The smallest absolute Gasteiger partial charge is 0.163 e. The molecule has 0 saturated heterocycles. The molecule has 2 rings (SSSR count). The van der Waals surface area contributed by atoms with E-state index in [1.807, 2.05) is 6.92 Å². The lowest BCUT2D eigenvalue weighted by atomic mass is 9.97. The largest absolute Gasteiger partial charge is 0.306 e. The van der Waals surface area contributed by atoms with Gasteiger partial charge in [0.1, 0.15) is 5.82 Å². The van der Waals surface area contributed by atoms with Crippen LogP contribution in [0.3, 0.4) is 0 Å². The van der Waals surface area contributed by atoms with Crippen LogP contribution in [0.2, 0.25) is 0 Å². The van der Waals surface area contributed by atoms with Crippen LogP contribution in [-0.4, -0.2) is 6.54 Å². The fourth-order valence-corrected chi connectivity index (χ4v) is 2.45. The number of benzene rings is 2. The highest BCUT2D eigenvalue weighted by Crippen LogP contribution is 2.29. The molecule has 106 valence electrons. The molecular formula is C15H13BrF3N. The molecule has 0 radical (unpaired) electrons. The van der Waals surface area contributed by atoms with E-state index in [4.69, 9.17) is 0 Å². The van der Waals surface area contributed by atoms with E-state index < -0.39 is 23.5 Å². The monoisotopic (exact) mass is 343 g/mol. The predicted molar refractivity (Wildman–Crippen MR) is 76.0 cm³/mol. The van der Waals surface area contributed by atoms with Crippen molar-refractivity contribution in [2.45, 2.75) is 13.0 Å². The van der Waals surface area contributed by atoms with Crippen molar-refractivity contribution in [1.29, 1.82) is 0 Å². The van der Waals surface area contributed by atoms with Crippen molar-refractivity contribution in [1.82, 2.24) is 5.32 Å². The predicted octanol–water partition coefficient (Wildman–Crippen LogP) is 4.57. The highest BCUT2D eigenvalue weighted by molar-refractivity contribution is 9.10. The Labute approximate surface area is 123 Å². The molecule has 1 N–H and O–H groups in total. The van der Waals surface area contributed by atoms with Gasteiger partial charge >= 0.3 is 0 Å². The molecule has 0 bridgehead atoms. The van der Waals surface area contributed by atoms with Crippen LogP contribution in [0.4, 0.5) is 13.2 Å². The Morgan fingerprint density at radius 2 is 1.80 bits per heavy atom. The fourth-order valence-electron chi connectivity index (χ4n) is 2.07. The molecule has 1 unspecified atom stereocenters. The first kappa shape index (κ1) is 15.1. The maximum absolute atomic E-state index is 14.0. The Balaban J connectivity index is 2.56. The normalized spacial score (nSPS) is 12.4. The molecule has 0 aliphatic rings. The molecule has 0 spiro atoms. The van der Waals surface area contributed by atoms with E-state index in [-0.39, 0.29) is 11.1 Å². The van der Waals surface area contributed by atoms with Gasteiger partial charge in [0.25, 0.3) is 0 Å². The Morgan fingerprint density at radius 1 is 1.05 bits per heavy atom. The molecule has 0 saturated carbocycles. The first-order valence-electron chi connectivity index (χ1n) is 6.16. The molecule has 5 heteroatoms. The van der Waals surface area contributed by atoms with Gasteiger partial charge in [-0.05, 0) is 30.8 Å². The van der Waals surface area contributed by atoms with Crippen molar-refractivity contribution in [2.75, 3.05) is 6.54 Å². The number of rotatable bonds is 4. The average molecular weight is 344 g/mol. The van der Waals surface area contributed by atoms with E-state index >= 15 is 0 Å². The third-order valence-corrected chi connectivity index (χ3v) is 3.46. The highest BCUT2D eigenvalue weighted by atomic mass is 79.9. The van der Waals surface area contributed by atoms with Crippen molar-refractivity contribution >= 4 is 15.9 Å². The molecule has 1 nitrogen and oxygen atoms in total. The summed E-state index contributed by atoms with van der Waals surface area (Å²) in [7, 11) is 0. The summed E-state index contributed by atoms with van der Waals surface area (Å²) in [6.07, 6.45) is 0. The molecule has 0 fully saturated rings. The summed E-state index contributed by atoms with van der Waals surface area (Å²) in [6, 6.07) is 7.57. The minimum absolute atomic E-state index is 0.0869. The number of hydrogen-bond acceptors (Lipinski definition) is 1. The zero-order valence-electron chi connectivity index (χ0n) is 10.8. The van der Waals surface area contributed by atoms with Crippen molar-refractivity contribution in [2.24, 2.45) is 0 Å². The van der Waals surface area contributed by atoms with Gasteiger partial charge in [-0.25, -0.2) is 13.2 Å². The van der Waals surface area contributed by atoms with Gasteiger partial charge in [0.15, 0.2) is 11.6 Å². The lowest BCUT2D eigenvalue weighted by molar-refractivity contribution is 0.477. The van der Waals surface area contributed by atoms with E-state index in [9.17, 15) is 13.2 Å². The Hall–Kier alpha value is -1.33. The molecule has 1 atom stereocenters. The molecule has 2 aromatic carbocycles. The van der Waals surface area contributed by atoms with Crippen LogP contribution < -0.4 is 5.32 Å². The van der Waals surface area contributed by atoms with Gasteiger partial charge in [0, 0.05) is 15.6 Å². The van der Waals surface area contributed by atoms with E-state index in [1.165, 1.54) is 18.2 Å². The molecular weight excluding hydrogens is 331 g/mol.